The van der Waals surface area contributed by atoms with Crippen LogP contribution in [0, 0.1) is 0 Å². The van der Waals surface area contributed by atoms with Gasteiger partial charge in [-0.25, -0.2) is 0 Å². The number of hydrogen-bond acceptors (Lipinski definition) is 2. The molecule has 0 amide bonds. The minimum atomic E-state index is -0.627. The van der Waals surface area contributed by atoms with E-state index in [1.807, 2.05) is 6.07 Å². The maximum absolute atomic E-state index is 6.09. The normalized spacial score (nSPS) is 12.1. The van der Waals surface area contributed by atoms with Crippen LogP contribution >= 0.6 is 7.92 Å². The van der Waals surface area contributed by atoms with Crippen LogP contribution in [-0.2, 0) is 6.54 Å². The fraction of sp³-hybridized carbons (Fsp3) is 0.111. The lowest BCUT2D eigenvalue weighted by Crippen LogP contribution is -2.31. The van der Waals surface area contributed by atoms with Crippen LogP contribution in [0.4, 0.5) is 0 Å². The highest BCUT2D eigenvalue weighted by Crippen LogP contribution is 2.34. The molecule has 0 saturated heterocycles. The van der Waals surface area contributed by atoms with Crippen LogP contribution in [0.2, 0.25) is 0 Å². The van der Waals surface area contributed by atoms with Crippen molar-refractivity contribution in [1.29, 1.82) is 0 Å². The number of nitrogens with two attached hydrogens (primary N) is 1. The molecule has 0 spiro atoms. The van der Waals surface area contributed by atoms with Gasteiger partial charge in [0.15, 0.2) is 0 Å². The molecule has 4 aromatic carbocycles. The molecule has 4 aromatic rings. The summed E-state index contributed by atoms with van der Waals surface area (Å²) in [6, 6.07) is 41.1. The van der Waals surface area contributed by atoms with Crippen LogP contribution in [0.1, 0.15) is 17.2 Å². The van der Waals surface area contributed by atoms with Gasteiger partial charge < -0.3 is 11.1 Å². The summed E-state index contributed by atoms with van der Waals surface area (Å²) in [5, 5.41) is 7.81. The average Bonchev–Trinajstić information content (AvgIpc) is 2.83. The summed E-state index contributed by atoms with van der Waals surface area (Å²) < 4.78 is 0. The highest BCUT2D eigenvalue weighted by molar-refractivity contribution is 7.79. The van der Waals surface area contributed by atoms with Crippen molar-refractivity contribution < 1.29 is 0 Å². The second kappa shape index (κ2) is 10.3. The van der Waals surface area contributed by atoms with Gasteiger partial charge in [0.2, 0.25) is 0 Å². The van der Waals surface area contributed by atoms with Gasteiger partial charge in [-0.15, -0.1) is 0 Å². The second-order valence-corrected chi connectivity index (χ2v) is 9.40. The van der Waals surface area contributed by atoms with Gasteiger partial charge in [0.1, 0.15) is 0 Å². The van der Waals surface area contributed by atoms with E-state index in [2.05, 4.69) is 115 Å². The molecule has 4 rings (SSSR count). The summed E-state index contributed by atoms with van der Waals surface area (Å²) in [6.07, 6.45) is 0. The summed E-state index contributed by atoms with van der Waals surface area (Å²) in [7, 11) is -0.627. The summed E-state index contributed by atoms with van der Waals surface area (Å²) >= 11 is 0. The van der Waals surface area contributed by atoms with Crippen LogP contribution in [0.25, 0.3) is 0 Å². The van der Waals surface area contributed by atoms with E-state index in [0.717, 1.165) is 6.54 Å². The third-order valence-electron chi connectivity index (χ3n) is 5.24. The fourth-order valence-corrected chi connectivity index (χ4v) is 6.19. The lowest BCUT2D eigenvalue weighted by Gasteiger charge is -2.24. The third kappa shape index (κ3) is 4.86. The Morgan fingerprint density at radius 3 is 1.70 bits per heavy atom. The Balaban J connectivity index is 1.67. The Morgan fingerprint density at radius 2 is 1.13 bits per heavy atom. The smallest absolute Gasteiger partial charge is 0.0447 e. The highest BCUT2D eigenvalue weighted by atomic mass is 31.1. The number of rotatable bonds is 8. The van der Waals surface area contributed by atoms with Gasteiger partial charge in [-0.05, 0) is 35.0 Å². The van der Waals surface area contributed by atoms with Crippen molar-refractivity contribution in [3.63, 3.8) is 0 Å². The van der Waals surface area contributed by atoms with E-state index in [1.165, 1.54) is 27.0 Å². The molecule has 0 fully saturated rings. The van der Waals surface area contributed by atoms with E-state index in [4.69, 9.17) is 5.73 Å². The van der Waals surface area contributed by atoms with Gasteiger partial charge in [-0.1, -0.05) is 115 Å². The molecule has 0 aromatic heterocycles. The first-order chi connectivity index (χ1) is 14.9. The first-order valence-corrected chi connectivity index (χ1v) is 11.7. The largest absolute Gasteiger partial charge is 0.329 e. The van der Waals surface area contributed by atoms with Gasteiger partial charge in [-0.2, -0.15) is 0 Å². The van der Waals surface area contributed by atoms with Gasteiger partial charge in [0, 0.05) is 19.1 Å². The maximum Gasteiger partial charge on any atom is 0.0447 e. The third-order valence-corrected chi connectivity index (χ3v) is 7.79. The molecular weight excluding hydrogens is 383 g/mol. The van der Waals surface area contributed by atoms with E-state index in [0.29, 0.717) is 6.54 Å². The molecule has 150 valence electrons. The zero-order valence-corrected chi connectivity index (χ0v) is 17.9. The number of hydrogen-bond donors (Lipinski definition) is 2. The molecule has 0 heterocycles. The minimum absolute atomic E-state index is 0.138. The molecule has 0 radical (unpaired) electrons. The summed E-state index contributed by atoms with van der Waals surface area (Å²) in [5.41, 5.74) is 8.64. The molecule has 3 heteroatoms. The van der Waals surface area contributed by atoms with Crippen molar-refractivity contribution in [3.05, 3.63) is 126 Å². The van der Waals surface area contributed by atoms with Crippen LogP contribution in [0.15, 0.2) is 115 Å². The summed E-state index contributed by atoms with van der Waals surface area (Å²) in [6.45, 7) is 1.35. The zero-order chi connectivity index (χ0) is 20.6. The molecule has 0 unspecified atom stereocenters. The number of benzene rings is 4. The predicted molar refractivity (Wildman–Crippen MR) is 130 cm³/mol. The van der Waals surface area contributed by atoms with Crippen molar-refractivity contribution in [2.24, 2.45) is 5.73 Å². The molecule has 0 saturated carbocycles. The van der Waals surface area contributed by atoms with Gasteiger partial charge in [0.05, 0.1) is 0 Å². The molecule has 3 N–H and O–H groups in total. The second-order valence-electron chi connectivity index (χ2n) is 7.22. The fourth-order valence-electron chi connectivity index (χ4n) is 3.72. The van der Waals surface area contributed by atoms with Crippen molar-refractivity contribution >= 4 is 23.8 Å². The minimum Gasteiger partial charge on any atom is -0.329 e. The van der Waals surface area contributed by atoms with Crippen LogP contribution < -0.4 is 27.0 Å². The van der Waals surface area contributed by atoms with Crippen LogP contribution in [0.5, 0.6) is 0 Å². The van der Waals surface area contributed by atoms with E-state index in [-0.39, 0.29) is 6.04 Å². The maximum atomic E-state index is 6.09. The quantitative estimate of drug-likeness (QED) is 0.427. The van der Waals surface area contributed by atoms with Gasteiger partial charge in [0.25, 0.3) is 0 Å². The lowest BCUT2D eigenvalue weighted by atomic mass is 10.1. The summed E-state index contributed by atoms with van der Waals surface area (Å²) in [4.78, 5) is 0. The molecule has 2 nitrogen and oxygen atoms in total. The topological polar surface area (TPSA) is 38.0 Å². The molecule has 1 atom stereocenters. The lowest BCUT2D eigenvalue weighted by molar-refractivity contribution is 0.543. The molecule has 0 aliphatic rings. The van der Waals surface area contributed by atoms with Crippen molar-refractivity contribution in [2.75, 3.05) is 6.54 Å². The van der Waals surface area contributed by atoms with Gasteiger partial charge in [-0.3, -0.25) is 0 Å². The van der Waals surface area contributed by atoms with Crippen LogP contribution in [0.3, 0.4) is 0 Å². The van der Waals surface area contributed by atoms with Crippen molar-refractivity contribution in [2.45, 2.75) is 12.6 Å². The summed E-state index contributed by atoms with van der Waals surface area (Å²) in [5.74, 6) is 0. The Labute approximate surface area is 180 Å². The van der Waals surface area contributed by atoms with E-state index in [1.54, 1.807) is 0 Å². The highest BCUT2D eigenvalue weighted by Gasteiger charge is 2.19. The Hall–Kier alpha value is -2.77. The van der Waals surface area contributed by atoms with E-state index < -0.39 is 7.92 Å². The Kier molecular flexibility index (Phi) is 7.05. The standard InChI is InChI=1S/C27H27N2P/c28-20-26(22-12-4-1-5-13-22)29-21-23-14-10-11-19-27(23)30(24-15-6-2-7-16-24)25-17-8-3-9-18-25/h1-19,26,29H,20-21,28H2/t26-/m1/s1. The molecule has 30 heavy (non-hydrogen) atoms. The van der Waals surface area contributed by atoms with E-state index in [9.17, 15) is 0 Å². The Morgan fingerprint density at radius 1 is 0.633 bits per heavy atom. The average molecular weight is 411 g/mol. The van der Waals surface area contributed by atoms with Gasteiger partial charge >= 0.3 is 0 Å². The SMILES string of the molecule is NC[C@@H](NCc1ccccc1P(c1ccccc1)c1ccccc1)c1ccccc1. The Bertz CT molecular complexity index is 996. The van der Waals surface area contributed by atoms with Crippen molar-refractivity contribution in [1.82, 2.24) is 5.32 Å². The number of nitrogens with one attached hydrogen (secondary N) is 1. The van der Waals surface area contributed by atoms with Crippen LogP contribution in [-0.4, -0.2) is 6.54 Å². The van der Waals surface area contributed by atoms with E-state index >= 15 is 0 Å². The molecule has 0 bridgehead atoms. The zero-order valence-electron chi connectivity index (χ0n) is 17.0. The molecule has 0 aliphatic carbocycles. The first kappa shape index (κ1) is 20.5. The molecular formula is C27H27N2P. The monoisotopic (exact) mass is 410 g/mol. The first-order valence-electron chi connectivity index (χ1n) is 10.3. The predicted octanol–water partition coefficient (Wildman–Crippen LogP) is 4.23. The molecule has 0 aliphatic heterocycles. The van der Waals surface area contributed by atoms with Crippen molar-refractivity contribution in [3.8, 4) is 0 Å².